The molecule has 0 aliphatic heterocycles. The van der Waals surface area contributed by atoms with Crippen molar-refractivity contribution in [3.05, 3.63) is 46.2 Å². The molecule has 0 saturated carbocycles. The van der Waals surface area contributed by atoms with E-state index in [9.17, 15) is 4.79 Å². The van der Waals surface area contributed by atoms with Crippen LogP contribution >= 0.6 is 23.1 Å². The van der Waals surface area contributed by atoms with Gasteiger partial charge in [-0.2, -0.15) is 11.3 Å². The van der Waals surface area contributed by atoms with E-state index in [1.54, 1.807) is 11.3 Å². The standard InChI is InChI=1S/C15H14N2O2S2/c1-10-3-2-4-12-14(10)16-15(21-9-13(18)19)17(12)7-11-5-6-20-8-11/h2-6,8H,7,9H2,1H3,(H,18,19). The quantitative estimate of drug-likeness (QED) is 0.730. The molecule has 4 nitrogen and oxygen atoms in total. The predicted octanol–water partition coefficient (Wildman–Crippen LogP) is 3.63. The van der Waals surface area contributed by atoms with Gasteiger partial charge in [0.1, 0.15) is 0 Å². The van der Waals surface area contributed by atoms with Crippen LogP contribution < -0.4 is 0 Å². The lowest BCUT2D eigenvalue weighted by Crippen LogP contribution is -2.04. The Kier molecular flexibility index (Phi) is 3.98. The number of hydrogen-bond acceptors (Lipinski definition) is 4. The third-order valence-corrected chi connectivity index (χ3v) is 4.88. The Bertz CT molecular complexity index is 778. The van der Waals surface area contributed by atoms with Crippen LogP contribution in [-0.4, -0.2) is 26.4 Å². The van der Waals surface area contributed by atoms with Crippen molar-refractivity contribution in [3.8, 4) is 0 Å². The summed E-state index contributed by atoms with van der Waals surface area (Å²) in [5.74, 6) is -0.808. The van der Waals surface area contributed by atoms with E-state index >= 15 is 0 Å². The lowest BCUT2D eigenvalue weighted by Gasteiger charge is -2.07. The third-order valence-electron chi connectivity index (χ3n) is 3.19. The van der Waals surface area contributed by atoms with Crippen molar-refractivity contribution in [1.82, 2.24) is 9.55 Å². The first-order chi connectivity index (χ1) is 10.1. The van der Waals surface area contributed by atoms with Crippen LogP contribution in [0.25, 0.3) is 11.0 Å². The maximum Gasteiger partial charge on any atom is 0.313 e. The SMILES string of the molecule is Cc1cccc2c1nc(SCC(=O)O)n2Cc1ccsc1. The van der Waals surface area contributed by atoms with Crippen LogP contribution in [0.15, 0.2) is 40.2 Å². The molecule has 0 saturated heterocycles. The maximum atomic E-state index is 10.8. The van der Waals surface area contributed by atoms with E-state index in [0.29, 0.717) is 6.54 Å². The molecule has 0 fully saturated rings. The molecule has 0 unspecified atom stereocenters. The Balaban J connectivity index is 2.06. The van der Waals surface area contributed by atoms with Gasteiger partial charge in [-0.25, -0.2) is 4.98 Å². The fourth-order valence-corrected chi connectivity index (χ4v) is 3.61. The number of aliphatic carboxylic acids is 1. The molecule has 108 valence electrons. The van der Waals surface area contributed by atoms with Gasteiger partial charge in [-0.15, -0.1) is 0 Å². The molecule has 0 bridgehead atoms. The highest BCUT2D eigenvalue weighted by Crippen LogP contribution is 2.27. The Morgan fingerprint density at radius 3 is 3.00 bits per heavy atom. The summed E-state index contributed by atoms with van der Waals surface area (Å²) >= 11 is 2.93. The molecule has 3 aromatic rings. The molecule has 0 atom stereocenters. The second-order valence-corrected chi connectivity index (χ2v) is 6.46. The number of carbonyl (C=O) groups is 1. The van der Waals surface area contributed by atoms with Crippen LogP contribution in [0.2, 0.25) is 0 Å². The highest BCUT2D eigenvalue weighted by atomic mass is 32.2. The summed E-state index contributed by atoms with van der Waals surface area (Å²) in [5.41, 5.74) is 4.31. The van der Waals surface area contributed by atoms with Gasteiger partial charge in [0.15, 0.2) is 5.16 Å². The molecule has 0 aliphatic rings. The lowest BCUT2D eigenvalue weighted by molar-refractivity contribution is -0.133. The second-order valence-electron chi connectivity index (χ2n) is 4.74. The minimum atomic E-state index is -0.828. The molecule has 3 rings (SSSR count). The van der Waals surface area contributed by atoms with Crippen molar-refractivity contribution < 1.29 is 9.90 Å². The highest BCUT2D eigenvalue weighted by Gasteiger charge is 2.14. The Morgan fingerprint density at radius 2 is 2.29 bits per heavy atom. The highest BCUT2D eigenvalue weighted by molar-refractivity contribution is 7.99. The minimum absolute atomic E-state index is 0.0198. The van der Waals surface area contributed by atoms with Gasteiger partial charge < -0.3 is 9.67 Å². The summed E-state index contributed by atoms with van der Waals surface area (Å²) in [7, 11) is 0. The van der Waals surface area contributed by atoms with Crippen molar-refractivity contribution in [1.29, 1.82) is 0 Å². The average molecular weight is 318 g/mol. The molecule has 21 heavy (non-hydrogen) atoms. The number of fused-ring (bicyclic) bond motifs is 1. The zero-order chi connectivity index (χ0) is 14.8. The Labute approximate surface area is 130 Å². The zero-order valence-corrected chi connectivity index (χ0v) is 13.1. The molecular formula is C15H14N2O2S2. The number of carboxylic acids is 1. The van der Waals surface area contributed by atoms with Gasteiger partial charge in [-0.3, -0.25) is 4.79 Å². The first-order valence-electron chi connectivity index (χ1n) is 6.46. The number of carboxylic acid groups (broad SMARTS) is 1. The summed E-state index contributed by atoms with van der Waals surface area (Å²) in [6, 6.07) is 8.15. The van der Waals surface area contributed by atoms with Gasteiger partial charge in [-0.1, -0.05) is 23.9 Å². The van der Waals surface area contributed by atoms with Crippen LogP contribution in [0.5, 0.6) is 0 Å². The number of nitrogens with zero attached hydrogens (tertiary/aromatic N) is 2. The van der Waals surface area contributed by atoms with E-state index in [2.05, 4.69) is 21.0 Å². The molecule has 2 heterocycles. The smallest absolute Gasteiger partial charge is 0.313 e. The van der Waals surface area contributed by atoms with Gasteiger partial charge in [0.25, 0.3) is 0 Å². The van der Waals surface area contributed by atoms with Crippen LogP contribution in [0.1, 0.15) is 11.1 Å². The van der Waals surface area contributed by atoms with E-state index in [4.69, 9.17) is 5.11 Å². The monoisotopic (exact) mass is 318 g/mol. The van der Waals surface area contributed by atoms with Crippen molar-refractivity contribution in [2.45, 2.75) is 18.6 Å². The summed E-state index contributed by atoms with van der Waals surface area (Å²) in [6.45, 7) is 2.74. The molecule has 2 aromatic heterocycles. The van der Waals surface area contributed by atoms with Gasteiger partial charge in [0.2, 0.25) is 0 Å². The number of imidazole rings is 1. The minimum Gasteiger partial charge on any atom is -0.481 e. The fraction of sp³-hybridized carbons (Fsp3) is 0.200. The number of thiophene rings is 1. The van der Waals surface area contributed by atoms with E-state index in [-0.39, 0.29) is 5.75 Å². The fourth-order valence-electron chi connectivity index (χ4n) is 2.22. The lowest BCUT2D eigenvalue weighted by atomic mass is 10.2. The molecule has 0 aliphatic carbocycles. The number of aromatic nitrogens is 2. The number of rotatable bonds is 5. The summed E-state index contributed by atoms with van der Waals surface area (Å²) in [4.78, 5) is 15.5. The van der Waals surface area contributed by atoms with Gasteiger partial charge in [0.05, 0.1) is 23.3 Å². The normalized spacial score (nSPS) is 11.1. The number of hydrogen-bond donors (Lipinski definition) is 1. The second kappa shape index (κ2) is 5.91. The summed E-state index contributed by atoms with van der Waals surface area (Å²) < 4.78 is 2.10. The summed E-state index contributed by atoms with van der Waals surface area (Å²) in [6.07, 6.45) is 0. The van der Waals surface area contributed by atoms with Crippen LogP contribution in [0.4, 0.5) is 0 Å². The summed E-state index contributed by atoms with van der Waals surface area (Å²) in [5, 5.41) is 13.8. The number of thioether (sulfide) groups is 1. The van der Waals surface area contributed by atoms with Crippen LogP contribution in [-0.2, 0) is 11.3 Å². The van der Waals surface area contributed by atoms with Crippen molar-refractivity contribution in [2.75, 3.05) is 5.75 Å². The maximum absolute atomic E-state index is 10.8. The molecular weight excluding hydrogens is 304 g/mol. The van der Waals surface area contributed by atoms with E-state index in [1.165, 1.54) is 17.3 Å². The predicted molar refractivity (Wildman–Crippen MR) is 86.3 cm³/mol. The number of aryl methyl sites for hydroxylation is 1. The largest absolute Gasteiger partial charge is 0.481 e. The van der Waals surface area contributed by atoms with Crippen LogP contribution in [0.3, 0.4) is 0 Å². The molecule has 0 amide bonds. The van der Waals surface area contributed by atoms with Gasteiger partial charge in [-0.05, 0) is 40.9 Å². The van der Waals surface area contributed by atoms with Crippen molar-refractivity contribution >= 4 is 40.1 Å². The number of para-hydroxylation sites is 1. The third kappa shape index (κ3) is 2.96. The first kappa shape index (κ1) is 14.2. The average Bonchev–Trinajstić information content (AvgIpc) is 3.07. The van der Waals surface area contributed by atoms with Crippen molar-refractivity contribution in [2.24, 2.45) is 0 Å². The van der Waals surface area contributed by atoms with E-state index in [0.717, 1.165) is 21.8 Å². The Morgan fingerprint density at radius 1 is 1.43 bits per heavy atom. The molecule has 1 N–H and O–H groups in total. The topological polar surface area (TPSA) is 55.1 Å². The van der Waals surface area contributed by atoms with Crippen molar-refractivity contribution in [3.63, 3.8) is 0 Å². The molecule has 0 radical (unpaired) electrons. The molecule has 6 heteroatoms. The molecule has 0 spiro atoms. The van der Waals surface area contributed by atoms with Gasteiger partial charge >= 0.3 is 5.97 Å². The Hall–Kier alpha value is -1.79. The zero-order valence-electron chi connectivity index (χ0n) is 11.4. The van der Waals surface area contributed by atoms with E-state index in [1.807, 2.05) is 30.5 Å². The molecule has 1 aromatic carbocycles. The van der Waals surface area contributed by atoms with E-state index < -0.39 is 5.97 Å². The number of benzene rings is 1. The first-order valence-corrected chi connectivity index (χ1v) is 8.39. The van der Waals surface area contributed by atoms with Crippen LogP contribution in [0, 0.1) is 6.92 Å². The van der Waals surface area contributed by atoms with Gasteiger partial charge in [0, 0.05) is 0 Å².